The molecule has 0 aromatic carbocycles. The van der Waals surface area contributed by atoms with E-state index in [0.29, 0.717) is 0 Å². The van der Waals surface area contributed by atoms with Crippen molar-refractivity contribution in [1.29, 1.82) is 0 Å². The zero-order valence-electron chi connectivity index (χ0n) is 20.3. The molecule has 0 aliphatic heterocycles. The minimum atomic E-state index is -1.39. The fraction of sp³-hybridized carbons (Fsp3) is 0.684. The highest BCUT2D eigenvalue weighted by atomic mass is 16.2. The quantitative estimate of drug-likeness (QED) is 0.183. The van der Waals surface area contributed by atoms with E-state index in [1.165, 1.54) is 55.4 Å². The van der Waals surface area contributed by atoms with Crippen molar-refractivity contribution in [2.24, 2.45) is 5.73 Å². The van der Waals surface area contributed by atoms with Crippen molar-refractivity contribution < 1.29 is 39.7 Å². The topological polar surface area (TPSA) is 252 Å². The molecule has 0 unspecified atom stereocenters. The first-order chi connectivity index (χ1) is 13.9. The van der Waals surface area contributed by atoms with Crippen LogP contribution < -0.4 is 32.3 Å². The number of hydrogen-bond acceptors (Lipinski definition) is 6. The second-order valence-corrected chi connectivity index (χ2v) is 8.44. The first-order valence-corrected chi connectivity index (χ1v) is 9.73. The molecule has 0 spiro atoms. The number of rotatable bonds is 10. The molecule has 0 aliphatic rings. The summed E-state index contributed by atoms with van der Waals surface area (Å²) in [7, 11) is 0. The predicted molar refractivity (Wildman–Crippen MR) is 119 cm³/mol. The largest absolute Gasteiger partial charge is 0.412 e. The van der Waals surface area contributed by atoms with Gasteiger partial charge in [-0.1, -0.05) is 0 Å². The van der Waals surface area contributed by atoms with Gasteiger partial charge in [0.15, 0.2) is 0 Å². The van der Waals surface area contributed by atoms with E-state index in [0.717, 1.165) is 0 Å². The van der Waals surface area contributed by atoms with Crippen molar-refractivity contribution in [1.82, 2.24) is 26.6 Å². The van der Waals surface area contributed by atoms with Crippen LogP contribution in [0.5, 0.6) is 0 Å². The molecule has 0 aliphatic carbocycles. The van der Waals surface area contributed by atoms with Crippen molar-refractivity contribution in [3.8, 4) is 0 Å². The van der Waals surface area contributed by atoms with Crippen LogP contribution in [0.3, 0.4) is 0 Å². The number of hydrogen-bond donors (Lipinski definition) is 6. The summed E-state index contributed by atoms with van der Waals surface area (Å²) in [5, 5.41) is 12.2. The van der Waals surface area contributed by atoms with Gasteiger partial charge < -0.3 is 43.3 Å². The number of carbonyl (C=O) groups excluding carboxylic acids is 6. The van der Waals surface area contributed by atoms with Crippen LogP contribution in [0.25, 0.3) is 0 Å². The zero-order valence-corrected chi connectivity index (χ0v) is 20.3. The van der Waals surface area contributed by atoms with Gasteiger partial charge in [-0.15, -0.1) is 0 Å². The summed E-state index contributed by atoms with van der Waals surface area (Å²) < 4.78 is 0. The Morgan fingerprint density at radius 2 is 0.939 bits per heavy atom. The summed E-state index contributed by atoms with van der Waals surface area (Å²) in [4.78, 5) is 71.6. The van der Waals surface area contributed by atoms with Crippen molar-refractivity contribution in [3.05, 3.63) is 0 Å². The summed E-state index contributed by atoms with van der Waals surface area (Å²) in [6.45, 7) is 11.3. The van der Waals surface area contributed by atoms with E-state index >= 15 is 0 Å². The van der Waals surface area contributed by atoms with E-state index < -0.39 is 64.6 Å². The van der Waals surface area contributed by atoms with Gasteiger partial charge in [-0.2, -0.15) is 0 Å². The van der Waals surface area contributed by atoms with Gasteiger partial charge in [0.05, 0.1) is 0 Å². The third kappa shape index (κ3) is 11.2. The Hall–Kier alpha value is -3.26. The van der Waals surface area contributed by atoms with Gasteiger partial charge in [-0.25, -0.2) is 0 Å². The molecule has 0 bridgehead atoms. The summed E-state index contributed by atoms with van der Waals surface area (Å²) in [5.41, 5.74) is 2.33. The second kappa shape index (κ2) is 13.3. The molecular weight excluding hydrogens is 440 g/mol. The molecule has 14 nitrogen and oxygen atoms in total. The molecule has 14 heteroatoms. The fourth-order valence-corrected chi connectivity index (χ4v) is 2.21. The average molecular weight is 479 g/mol. The number of amides is 6. The molecule has 6 amide bonds. The molecule has 3 atom stereocenters. The van der Waals surface area contributed by atoms with E-state index in [-0.39, 0.29) is 11.0 Å². The maximum atomic E-state index is 12.6. The van der Waals surface area contributed by atoms with Gasteiger partial charge in [0.2, 0.25) is 35.4 Å². The van der Waals surface area contributed by atoms with E-state index in [1.54, 1.807) is 0 Å². The maximum Gasteiger partial charge on any atom is 0.245 e. The van der Waals surface area contributed by atoms with Crippen molar-refractivity contribution in [2.45, 2.75) is 84.6 Å². The lowest BCUT2D eigenvalue weighted by atomic mass is 10.0. The molecule has 192 valence electrons. The normalized spacial score (nSPS) is 13.5. The number of nitrogens with one attached hydrogen (secondary N) is 5. The summed E-state index contributed by atoms with van der Waals surface area (Å²) in [6, 6.07) is -2.82. The molecule has 0 radical (unpaired) electrons. The minimum Gasteiger partial charge on any atom is -0.412 e. The lowest BCUT2D eigenvalue weighted by Gasteiger charge is -2.30. The van der Waals surface area contributed by atoms with Gasteiger partial charge in [-0.05, 0) is 48.5 Å². The van der Waals surface area contributed by atoms with E-state index in [1.807, 2.05) is 0 Å². The molecule has 0 saturated carbocycles. The van der Waals surface area contributed by atoms with E-state index in [2.05, 4.69) is 26.6 Å². The lowest BCUT2D eigenvalue weighted by Crippen LogP contribution is -2.63. The van der Waals surface area contributed by atoms with Crippen molar-refractivity contribution >= 4 is 35.4 Å². The minimum absolute atomic E-state index is 0. The lowest BCUT2D eigenvalue weighted by molar-refractivity contribution is -0.137. The van der Waals surface area contributed by atoms with Gasteiger partial charge in [0.1, 0.15) is 29.2 Å². The molecule has 0 aromatic rings. The van der Waals surface area contributed by atoms with Crippen molar-refractivity contribution in [3.63, 3.8) is 0 Å². The van der Waals surface area contributed by atoms with Crippen LogP contribution in [-0.2, 0) is 28.8 Å². The fourth-order valence-electron chi connectivity index (χ4n) is 2.21. The Morgan fingerprint density at radius 1 is 0.636 bits per heavy atom. The smallest absolute Gasteiger partial charge is 0.245 e. The highest BCUT2D eigenvalue weighted by Crippen LogP contribution is 2.06. The summed E-state index contributed by atoms with van der Waals surface area (Å²) >= 11 is 0. The number of primary amides is 1. The monoisotopic (exact) mass is 478 g/mol. The Labute approximate surface area is 192 Å². The van der Waals surface area contributed by atoms with Crippen LogP contribution in [0.1, 0.15) is 55.4 Å². The van der Waals surface area contributed by atoms with E-state index in [9.17, 15) is 28.8 Å². The third-order valence-electron chi connectivity index (χ3n) is 4.34. The van der Waals surface area contributed by atoms with E-state index in [4.69, 9.17) is 5.73 Å². The van der Waals surface area contributed by atoms with Gasteiger partial charge in [-0.3, -0.25) is 28.8 Å². The number of nitrogens with two attached hydrogens (primary N) is 1. The van der Waals surface area contributed by atoms with Crippen LogP contribution in [0.15, 0.2) is 0 Å². The second-order valence-electron chi connectivity index (χ2n) is 8.44. The van der Waals surface area contributed by atoms with Crippen LogP contribution >= 0.6 is 0 Å². The molecule has 0 rings (SSSR count). The first kappa shape index (κ1) is 34.4. The molecule has 0 aromatic heterocycles. The molecule has 0 heterocycles. The van der Waals surface area contributed by atoms with Gasteiger partial charge >= 0.3 is 0 Å². The Balaban J connectivity index is -0.00000450. The molecule has 0 saturated heterocycles. The highest BCUT2D eigenvalue weighted by Gasteiger charge is 2.36. The maximum absolute atomic E-state index is 12.6. The first-order valence-electron chi connectivity index (χ1n) is 9.73. The average Bonchev–Trinajstić information content (AvgIpc) is 2.59. The Bertz CT molecular complexity index is 753. The molecule has 0 fully saturated rings. The van der Waals surface area contributed by atoms with Crippen LogP contribution in [0.4, 0.5) is 0 Å². The highest BCUT2D eigenvalue weighted by molar-refractivity contribution is 5.98. The predicted octanol–water partition coefficient (Wildman–Crippen LogP) is -3.85. The number of carbonyl (C=O) groups is 6. The van der Waals surface area contributed by atoms with Crippen molar-refractivity contribution in [2.75, 3.05) is 0 Å². The van der Waals surface area contributed by atoms with Gasteiger partial charge in [0.25, 0.3) is 0 Å². The molecular formula is C19H38N6O8. The molecule has 11 N–H and O–H groups in total. The summed E-state index contributed by atoms with van der Waals surface area (Å²) in [6.07, 6.45) is 0. The Morgan fingerprint density at radius 3 is 1.24 bits per heavy atom. The summed E-state index contributed by atoms with van der Waals surface area (Å²) in [5.74, 6) is -3.64. The Kier molecular flexibility index (Phi) is 13.9. The van der Waals surface area contributed by atoms with Crippen LogP contribution in [0, 0.1) is 0 Å². The van der Waals surface area contributed by atoms with Crippen LogP contribution in [-0.4, -0.2) is 75.6 Å². The van der Waals surface area contributed by atoms with Gasteiger partial charge in [0, 0.05) is 6.92 Å². The molecule has 33 heavy (non-hydrogen) atoms. The standard InChI is InChI=1S/C19H34N6O6.2H2O/c1-9(13(20)27)22-16(30)18(5,6)25-15(29)11(3)23-17(31)19(7,8)24-14(28)10(2)21-12(4)26;;/h9-11H,1-8H3,(H2,20,27)(H,21,26)(H,22,30)(H,23,31)(H,24,28)(H,25,29);2*1H2/t9-,10-,11-;;/m0../s1. The SMILES string of the molecule is CC(=O)N[C@@H](C)C(=O)NC(C)(C)C(=O)N[C@@H](C)C(=O)NC(C)(C)C(=O)N[C@@H](C)C(N)=O.O.O. The van der Waals surface area contributed by atoms with Crippen LogP contribution in [0.2, 0.25) is 0 Å². The zero-order chi connectivity index (χ0) is 24.7. The third-order valence-corrected chi connectivity index (χ3v) is 4.34.